The van der Waals surface area contributed by atoms with Crippen molar-refractivity contribution in [1.29, 1.82) is 0 Å². The van der Waals surface area contributed by atoms with E-state index in [9.17, 15) is 9.59 Å². The third-order valence-corrected chi connectivity index (χ3v) is 5.88. The SMILES string of the molecule is CCN(CC(=O)O)C1CCN(C(=O)C(C)(C)c2cccs2)CC1. The summed E-state index contributed by atoms with van der Waals surface area (Å²) in [5, 5.41) is 11.0. The highest BCUT2D eigenvalue weighted by atomic mass is 32.1. The second-order valence-electron chi connectivity index (χ2n) is 6.58. The van der Waals surface area contributed by atoms with Crippen LogP contribution >= 0.6 is 11.3 Å². The minimum absolute atomic E-state index is 0.0792. The average molecular weight is 338 g/mol. The maximum absolute atomic E-state index is 12.9. The van der Waals surface area contributed by atoms with Crippen molar-refractivity contribution in [2.75, 3.05) is 26.2 Å². The van der Waals surface area contributed by atoms with Gasteiger partial charge in [0.25, 0.3) is 0 Å². The molecule has 1 fully saturated rings. The summed E-state index contributed by atoms with van der Waals surface area (Å²) >= 11 is 1.62. The summed E-state index contributed by atoms with van der Waals surface area (Å²) in [6.45, 7) is 8.16. The maximum Gasteiger partial charge on any atom is 0.317 e. The second kappa shape index (κ2) is 7.45. The van der Waals surface area contributed by atoms with Crippen molar-refractivity contribution in [3.05, 3.63) is 22.4 Å². The molecule has 6 heteroatoms. The van der Waals surface area contributed by atoms with Crippen molar-refractivity contribution in [3.63, 3.8) is 0 Å². The molecule has 23 heavy (non-hydrogen) atoms. The number of amides is 1. The normalized spacial score (nSPS) is 16.8. The van der Waals surface area contributed by atoms with Crippen LogP contribution in [-0.2, 0) is 15.0 Å². The molecular weight excluding hydrogens is 312 g/mol. The zero-order valence-corrected chi connectivity index (χ0v) is 14.9. The molecule has 1 aromatic rings. The van der Waals surface area contributed by atoms with Gasteiger partial charge in [-0.25, -0.2) is 0 Å². The van der Waals surface area contributed by atoms with Crippen molar-refractivity contribution in [1.82, 2.24) is 9.80 Å². The van der Waals surface area contributed by atoms with Gasteiger partial charge < -0.3 is 10.0 Å². The molecule has 0 unspecified atom stereocenters. The fourth-order valence-electron chi connectivity index (χ4n) is 3.24. The van der Waals surface area contributed by atoms with Gasteiger partial charge in [-0.3, -0.25) is 14.5 Å². The van der Waals surface area contributed by atoms with Crippen LogP contribution in [0.15, 0.2) is 17.5 Å². The van der Waals surface area contributed by atoms with Crippen LogP contribution in [0.25, 0.3) is 0 Å². The topological polar surface area (TPSA) is 60.9 Å². The summed E-state index contributed by atoms with van der Waals surface area (Å²) in [5.41, 5.74) is -0.494. The Balaban J connectivity index is 1.96. The molecule has 5 nitrogen and oxygen atoms in total. The van der Waals surface area contributed by atoms with E-state index in [1.807, 2.05) is 48.1 Å². The number of hydrogen-bond acceptors (Lipinski definition) is 4. The van der Waals surface area contributed by atoms with Gasteiger partial charge in [-0.05, 0) is 44.7 Å². The number of likely N-dealkylation sites (N-methyl/N-ethyl adjacent to an activating group) is 1. The Morgan fingerprint density at radius 1 is 1.39 bits per heavy atom. The van der Waals surface area contributed by atoms with Gasteiger partial charge in [-0.1, -0.05) is 13.0 Å². The Labute approximate surface area is 141 Å². The van der Waals surface area contributed by atoms with E-state index in [-0.39, 0.29) is 18.5 Å². The van der Waals surface area contributed by atoms with Crippen molar-refractivity contribution < 1.29 is 14.7 Å². The van der Waals surface area contributed by atoms with Crippen LogP contribution in [0.5, 0.6) is 0 Å². The molecule has 2 rings (SSSR count). The number of piperidine rings is 1. The summed E-state index contributed by atoms with van der Waals surface area (Å²) in [4.78, 5) is 28.8. The number of carbonyl (C=O) groups excluding carboxylic acids is 1. The highest BCUT2D eigenvalue weighted by molar-refractivity contribution is 7.10. The number of thiophene rings is 1. The first-order valence-electron chi connectivity index (χ1n) is 8.15. The van der Waals surface area contributed by atoms with Crippen molar-refractivity contribution >= 4 is 23.2 Å². The fourth-order valence-corrected chi connectivity index (χ4v) is 4.08. The zero-order valence-electron chi connectivity index (χ0n) is 14.1. The van der Waals surface area contributed by atoms with E-state index in [1.165, 1.54) is 0 Å². The molecule has 0 aliphatic carbocycles. The maximum atomic E-state index is 12.9. The van der Waals surface area contributed by atoms with Crippen LogP contribution in [0.4, 0.5) is 0 Å². The molecule has 1 amide bonds. The molecular formula is C17H26N2O3S. The molecule has 1 N–H and O–H groups in total. The fraction of sp³-hybridized carbons (Fsp3) is 0.647. The molecule has 0 spiro atoms. The Morgan fingerprint density at radius 2 is 2.04 bits per heavy atom. The molecule has 0 saturated carbocycles. The standard InChI is InChI=1S/C17H26N2O3S/c1-4-18(12-15(20)21)13-7-9-19(10-8-13)16(22)17(2,3)14-6-5-11-23-14/h5-6,11,13H,4,7-10,12H2,1-3H3,(H,20,21). The van der Waals surface area contributed by atoms with Crippen LogP contribution in [-0.4, -0.2) is 59.0 Å². The van der Waals surface area contributed by atoms with Gasteiger partial charge in [0.05, 0.1) is 12.0 Å². The Morgan fingerprint density at radius 3 is 2.52 bits per heavy atom. The summed E-state index contributed by atoms with van der Waals surface area (Å²) in [7, 11) is 0. The molecule has 1 aliphatic rings. The van der Waals surface area contributed by atoms with E-state index in [1.54, 1.807) is 11.3 Å². The first-order valence-corrected chi connectivity index (χ1v) is 9.03. The van der Waals surface area contributed by atoms with E-state index >= 15 is 0 Å². The predicted octanol–water partition coefficient (Wildman–Crippen LogP) is 2.42. The zero-order chi connectivity index (χ0) is 17.0. The van der Waals surface area contributed by atoms with Crippen LogP contribution in [0.2, 0.25) is 0 Å². The summed E-state index contributed by atoms with van der Waals surface area (Å²) in [6.07, 6.45) is 1.68. The van der Waals surface area contributed by atoms with Gasteiger partial charge >= 0.3 is 5.97 Å². The van der Waals surface area contributed by atoms with E-state index in [0.29, 0.717) is 13.1 Å². The minimum Gasteiger partial charge on any atom is -0.480 e. The average Bonchev–Trinajstić information content (AvgIpc) is 3.07. The third-order valence-electron chi connectivity index (χ3n) is 4.68. The lowest BCUT2D eigenvalue weighted by molar-refractivity contribution is -0.141. The first kappa shape index (κ1) is 17.9. The van der Waals surface area contributed by atoms with Crippen LogP contribution in [0, 0.1) is 0 Å². The molecule has 1 aliphatic heterocycles. The van der Waals surface area contributed by atoms with Crippen LogP contribution < -0.4 is 0 Å². The first-order chi connectivity index (χ1) is 10.9. The molecule has 0 atom stereocenters. The predicted molar refractivity (Wildman–Crippen MR) is 91.8 cm³/mol. The number of aliphatic carboxylic acids is 1. The smallest absolute Gasteiger partial charge is 0.317 e. The Hall–Kier alpha value is -1.40. The van der Waals surface area contributed by atoms with Gasteiger partial charge in [0.15, 0.2) is 0 Å². The summed E-state index contributed by atoms with van der Waals surface area (Å²) in [6, 6.07) is 4.25. The summed E-state index contributed by atoms with van der Waals surface area (Å²) < 4.78 is 0. The summed E-state index contributed by atoms with van der Waals surface area (Å²) in [5.74, 6) is -0.621. The number of likely N-dealkylation sites (tertiary alicyclic amines) is 1. The van der Waals surface area contributed by atoms with Crippen molar-refractivity contribution in [3.8, 4) is 0 Å². The quantitative estimate of drug-likeness (QED) is 0.865. The number of nitrogens with zero attached hydrogens (tertiary/aromatic N) is 2. The lowest BCUT2D eigenvalue weighted by Crippen LogP contribution is -2.51. The molecule has 0 bridgehead atoms. The monoisotopic (exact) mass is 338 g/mol. The minimum atomic E-state index is -0.788. The number of rotatable bonds is 6. The molecule has 1 aromatic heterocycles. The molecule has 1 saturated heterocycles. The molecule has 2 heterocycles. The number of carboxylic acid groups (broad SMARTS) is 1. The molecule has 0 aromatic carbocycles. The number of carbonyl (C=O) groups is 2. The Kier molecular flexibility index (Phi) is 5.81. The van der Waals surface area contributed by atoms with Crippen molar-refractivity contribution in [2.24, 2.45) is 0 Å². The van der Waals surface area contributed by atoms with Crippen LogP contribution in [0.3, 0.4) is 0 Å². The number of hydrogen-bond donors (Lipinski definition) is 1. The lowest BCUT2D eigenvalue weighted by Gasteiger charge is -2.40. The van der Waals surface area contributed by atoms with Crippen LogP contribution in [0.1, 0.15) is 38.5 Å². The lowest BCUT2D eigenvalue weighted by atomic mass is 9.88. The third kappa shape index (κ3) is 4.12. The highest BCUT2D eigenvalue weighted by Crippen LogP contribution is 2.31. The van der Waals surface area contributed by atoms with Crippen molar-refractivity contribution in [2.45, 2.75) is 45.1 Å². The Bertz CT molecular complexity index is 534. The largest absolute Gasteiger partial charge is 0.480 e. The van der Waals surface area contributed by atoms with Gasteiger partial charge in [0.2, 0.25) is 5.91 Å². The van der Waals surface area contributed by atoms with Gasteiger partial charge in [0, 0.05) is 24.0 Å². The molecule has 128 valence electrons. The van der Waals surface area contributed by atoms with E-state index in [0.717, 1.165) is 24.3 Å². The van der Waals surface area contributed by atoms with E-state index < -0.39 is 11.4 Å². The van der Waals surface area contributed by atoms with E-state index in [2.05, 4.69) is 0 Å². The highest BCUT2D eigenvalue weighted by Gasteiger charge is 2.36. The van der Waals surface area contributed by atoms with Gasteiger partial charge in [-0.2, -0.15) is 0 Å². The number of carboxylic acids is 1. The van der Waals surface area contributed by atoms with Gasteiger partial charge in [0.1, 0.15) is 0 Å². The van der Waals surface area contributed by atoms with E-state index in [4.69, 9.17) is 5.11 Å². The molecule has 0 radical (unpaired) electrons. The van der Waals surface area contributed by atoms with Gasteiger partial charge in [-0.15, -0.1) is 11.3 Å². The second-order valence-corrected chi connectivity index (χ2v) is 7.53.